The molecule has 6 atom stereocenters. The molecule has 13 heteroatoms. The number of aromatic nitrogens is 4. The van der Waals surface area contributed by atoms with E-state index in [1.165, 1.54) is 23.3 Å². The van der Waals surface area contributed by atoms with E-state index in [0.717, 1.165) is 12.1 Å². The molecule has 0 radical (unpaired) electrons. The summed E-state index contributed by atoms with van der Waals surface area (Å²) in [4.78, 5) is 12.6. The van der Waals surface area contributed by atoms with Gasteiger partial charge in [-0.1, -0.05) is 13.8 Å². The van der Waals surface area contributed by atoms with Gasteiger partial charge in [-0.3, -0.25) is 4.57 Å². The molecule has 2 aromatic heterocycles. The van der Waals surface area contributed by atoms with Crippen LogP contribution in [0, 0.1) is 17.6 Å². The summed E-state index contributed by atoms with van der Waals surface area (Å²) in [6, 6.07) is 3.36. The number of anilines is 2. The molecule has 0 amide bonds. The Labute approximate surface area is 186 Å². The molecule has 1 aromatic carbocycles. The molecule has 2 aliphatic rings. The standard InChI is InChI=1S/C20H23F2N7O4/c1-8(2)18-27-28-19(33-18)15-13(30)14(31)20(32-15)29-7-25-12-16(23-6-24-17(12)29)26-9-3-4-10(21)11(22)5-9/h3-8,13-15,18-20,27-28,30-31H,1-2H3,(H,23,24,26)/t13-,14+,15-,18?,19?,20+/m0/s1. The number of fused-ring (bicyclic) bond motifs is 1. The number of aliphatic hydroxyl groups is 2. The van der Waals surface area contributed by atoms with Gasteiger partial charge >= 0.3 is 0 Å². The lowest BCUT2D eigenvalue weighted by Gasteiger charge is -2.21. The number of ether oxygens (including phenoxy) is 2. The summed E-state index contributed by atoms with van der Waals surface area (Å²) in [6.45, 7) is 3.96. The summed E-state index contributed by atoms with van der Waals surface area (Å²) in [5, 5.41) is 24.2. The Bertz CT molecular complexity index is 1160. The summed E-state index contributed by atoms with van der Waals surface area (Å²) in [5.41, 5.74) is 6.83. The first kappa shape index (κ1) is 22.0. The molecule has 2 aliphatic heterocycles. The fourth-order valence-corrected chi connectivity index (χ4v) is 3.88. The summed E-state index contributed by atoms with van der Waals surface area (Å²) in [5.74, 6) is -1.54. The lowest BCUT2D eigenvalue weighted by atomic mass is 10.1. The maximum Gasteiger partial charge on any atom is 0.167 e. The van der Waals surface area contributed by atoms with Gasteiger partial charge in [0.15, 0.2) is 41.1 Å². The highest BCUT2D eigenvalue weighted by Gasteiger charge is 2.50. The minimum Gasteiger partial charge on any atom is -0.387 e. The minimum atomic E-state index is -1.28. The zero-order valence-electron chi connectivity index (χ0n) is 17.7. The van der Waals surface area contributed by atoms with Gasteiger partial charge in [0.25, 0.3) is 0 Å². The Balaban J connectivity index is 1.40. The van der Waals surface area contributed by atoms with Crippen molar-refractivity contribution in [1.29, 1.82) is 0 Å². The highest BCUT2D eigenvalue weighted by Crippen LogP contribution is 2.35. The summed E-state index contributed by atoms with van der Waals surface area (Å²) in [6.07, 6.45) is -2.67. The van der Waals surface area contributed by atoms with Crippen LogP contribution in [0.25, 0.3) is 11.2 Å². The summed E-state index contributed by atoms with van der Waals surface area (Å²) in [7, 11) is 0. The topological polar surface area (TPSA) is 139 Å². The Morgan fingerprint density at radius 2 is 1.88 bits per heavy atom. The van der Waals surface area contributed by atoms with Crippen LogP contribution in [0.1, 0.15) is 20.1 Å². The van der Waals surface area contributed by atoms with Crippen molar-refractivity contribution in [3.05, 3.63) is 42.5 Å². The lowest BCUT2D eigenvalue weighted by molar-refractivity contribution is -0.113. The van der Waals surface area contributed by atoms with Gasteiger partial charge in [0.1, 0.15) is 30.9 Å². The Hall–Kier alpha value is -2.81. The third-order valence-corrected chi connectivity index (χ3v) is 5.66. The number of nitrogens with zero attached hydrogens (tertiary/aromatic N) is 4. The van der Waals surface area contributed by atoms with E-state index in [9.17, 15) is 19.0 Å². The minimum absolute atomic E-state index is 0.177. The van der Waals surface area contributed by atoms with Crippen molar-refractivity contribution >= 4 is 22.7 Å². The highest BCUT2D eigenvalue weighted by atomic mass is 19.2. The number of benzene rings is 1. The average molecular weight is 463 g/mol. The van der Waals surface area contributed by atoms with Crippen LogP contribution in [-0.2, 0) is 9.47 Å². The molecular formula is C20H23F2N7O4. The molecular weight excluding hydrogens is 440 g/mol. The normalized spacial score (nSPS) is 29.9. The van der Waals surface area contributed by atoms with Gasteiger partial charge in [0.05, 0.1) is 6.33 Å². The van der Waals surface area contributed by atoms with Crippen LogP contribution in [0.3, 0.4) is 0 Å². The maximum absolute atomic E-state index is 13.6. The molecule has 2 unspecified atom stereocenters. The van der Waals surface area contributed by atoms with Crippen LogP contribution in [0.5, 0.6) is 0 Å². The molecule has 5 N–H and O–H groups in total. The van der Waals surface area contributed by atoms with E-state index in [1.54, 1.807) is 0 Å². The van der Waals surface area contributed by atoms with E-state index in [0.29, 0.717) is 11.2 Å². The fraction of sp³-hybridized carbons (Fsp3) is 0.450. The van der Waals surface area contributed by atoms with Crippen LogP contribution >= 0.6 is 0 Å². The molecule has 176 valence electrons. The molecule has 0 spiro atoms. The Morgan fingerprint density at radius 3 is 2.61 bits per heavy atom. The first-order chi connectivity index (χ1) is 15.8. The molecule has 5 rings (SSSR count). The first-order valence-corrected chi connectivity index (χ1v) is 10.4. The number of nitrogens with one attached hydrogen (secondary N) is 3. The number of aliphatic hydroxyl groups excluding tert-OH is 2. The van der Waals surface area contributed by atoms with Crippen molar-refractivity contribution in [1.82, 2.24) is 30.4 Å². The Kier molecular flexibility index (Phi) is 5.68. The van der Waals surface area contributed by atoms with Gasteiger partial charge in [0, 0.05) is 11.8 Å². The van der Waals surface area contributed by atoms with Gasteiger partial charge < -0.3 is 25.0 Å². The first-order valence-electron chi connectivity index (χ1n) is 10.4. The van der Waals surface area contributed by atoms with Crippen molar-refractivity contribution in [2.45, 2.75) is 50.8 Å². The lowest BCUT2D eigenvalue weighted by Crippen LogP contribution is -2.46. The molecule has 4 heterocycles. The van der Waals surface area contributed by atoms with E-state index < -0.39 is 42.4 Å². The van der Waals surface area contributed by atoms with Crippen molar-refractivity contribution in [2.75, 3.05) is 5.32 Å². The third kappa shape index (κ3) is 3.92. The second kappa shape index (κ2) is 8.52. The molecule has 3 aromatic rings. The smallest absolute Gasteiger partial charge is 0.167 e. The van der Waals surface area contributed by atoms with Gasteiger partial charge in [-0.05, 0) is 18.1 Å². The van der Waals surface area contributed by atoms with Gasteiger partial charge in [-0.25, -0.2) is 34.6 Å². The summed E-state index contributed by atoms with van der Waals surface area (Å²) >= 11 is 0. The zero-order valence-corrected chi connectivity index (χ0v) is 17.7. The maximum atomic E-state index is 13.6. The van der Waals surface area contributed by atoms with Crippen LogP contribution in [0.2, 0.25) is 0 Å². The van der Waals surface area contributed by atoms with E-state index in [-0.39, 0.29) is 23.7 Å². The second-order valence-electron chi connectivity index (χ2n) is 8.28. The van der Waals surface area contributed by atoms with Gasteiger partial charge in [0.2, 0.25) is 0 Å². The van der Waals surface area contributed by atoms with Crippen molar-refractivity contribution < 1.29 is 28.5 Å². The van der Waals surface area contributed by atoms with E-state index >= 15 is 0 Å². The van der Waals surface area contributed by atoms with Crippen LogP contribution < -0.4 is 16.2 Å². The summed E-state index contributed by atoms with van der Waals surface area (Å²) < 4.78 is 40.1. The van der Waals surface area contributed by atoms with Gasteiger partial charge in [-0.15, -0.1) is 0 Å². The molecule has 11 nitrogen and oxygen atoms in total. The molecule has 0 bridgehead atoms. The SMILES string of the molecule is CC(C)C1NNC([C@H]2O[C@@H](n3cnc4c(Nc5ccc(F)c(F)c5)ncnc43)[C@H](O)[C@@H]2O)O1. The van der Waals surface area contributed by atoms with Crippen molar-refractivity contribution in [2.24, 2.45) is 5.92 Å². The third-order valence-electron chi connectivity index (χ3n) is 5.66. The zero-order chi connectivity index (χ0) is 23.3. The van der Waals surface area contributed by atoms with Crippen LogP contribution in [0.15, 0.2) is 30.9 Å². The number of hydrogen-bond acceptors (Lipinski definition) is 10. The average Bonchev–Trinajstić information content (AvgIpc) is 3.50. The number of hydrogen-bond donors (Lipinski definition) is 5. The Morgan fingerprint density at radius 1 is 1.06 bits per heavy atom. The van der Waals surface area contributed by atoms with Crippen LogP contribution in [0.4, 0.5) is 20.3 Å². The number of imidazole rings is 1. The molecule has 2 saturated heterocycles. The molecule has 0 aliphatic carbocycles. The predicted octanol–water partition coefficient (Wildman–Crippen LogP) is 0.900. The van der Waals surface area contributed by atoms with Gasteiger partial charge in [-0.2, -0.15) is 0 Å². The number of halogens is 2. The molecule has 2 fully saturated rings. The van der Waals surface area contributed by atoms with Crippen molar-refractivity contribution in [3.8, 4) is 0 Å². The van der Waals surface area contributed by atoms with Crippen LogP contribution in [-0.4, -0.2) is 60.5 Å². The molecule has 0 saturated carbocycles. The van der Waals surface area contributed by atoms with E-state index in [1.807, 2.05) is 13.8 Å². The van der Waals surface area contributed by atoms with E-state index in [4.69, 9.17) is 9.47 Å². The fourth-order valence-electron chi connectivity index (χ4n) is 3.88. The van der Waals surface area contributed by atoms with E-state index in [2.05, 4.69) is 31.1 Å². The largest absolute Gasteiger partial charge is 0.387 e. The second-order valence-corrected chi connectivity index (χ2v) is 8.28. The van der Waals surface area contributed by atoms with Crippen molar-refractivity contribution in [3.63, 3.8) is 0 Å². The monoisotopic (exact) mass is 463 g/mol. The highest BCUT2D eigenvalue weighted by molar-refractivity contribution is 5.85. The predicted molar refractivity (Wildman–Crippen MR) is 111 cm³/mol. The quantitative estimate of drug-likeness (QED) is 0.371. The number of rotatable bonds is 5. The molecule has 33 heavy (non-hydrogen) atoms. The number of hydrazine groups is 1.